The number of amides is 3. The van der Waals surface area contributed by atoms with Gasteiger partial charge in [-0.25, -0.2) is 31.1 Å². The van der Waals surface area contributed by atoms with Gasteiger partial charge in [0.1, 0.15) is 39.2 Å². The van der Waals surface area contributed by atoms with E-state index in [9.17, 15) is 19.5 Å². The van der Waals surface area contributed by atoms with Gasteiger partial charge >= 0.3 is 12.2 Å². The maximum Gasteiger partial charge on any atom is 0.408 e. The number of carboxylic acid groups (broad SMARTS) is 1. The summed E-state index contributed by atoms with van der Waals surface area (Å²) in [5, 5.41) is 28.7. The second kappa shape index (κ2) is 23.2. The first-order valence-electron chi connectivity index (χ1n) is 24.3. The number of sulfonamides is 2. The second-order valence-corrected chi connectivity index (χ2v) is 23.8. The van der Waals surface area contributed by atoms with E-state index in [-0.39, 0.29) is 66.5 Å². The van der Waals surface area contributed by atoms with Crippen LogP contribution in [0.1, 0.15) is 64.7 Å². The van der Waals surface area contributed by atoms with Crippen LogP contribution in [0.2, 0.25) is 0 Å². The summed E-state index contributed by atoms with van der Waals surface area (Å²) < 4.78 is 88.7. The molecule has 3 amide bonds. The predicted molar refractivity (Wildman–Crippen MR) is 287 cm³/mol. The van der Waals surface area contributed by atoms with Crippen molar-refractivity contribution in [1.29, 1.82) is 0 Å². The maximum atomic E-state index is 16.3. The van der Waals surface area contributed by atoms with Crippen molar-refractivity contribution in [1.82, 2.24) is 39.5 Å². The SMILES string of the molecule is COc1ccc(CN(Cc2ccc(OC)cc2)S(=O)(=O)c2c(S(=O)(=O)NC3CCN(C(=O)O)C3C(C)(C)C)ccc(-c3ccc(NC(=O)CNC(=O)OC(C)(C)C)c(N)c3)c2-c2nnn(Cc3ccc(OC)cc3)n2)cc1. The van der Waals surface area contributed by atoms with Crippen molar-refractivity contribution in [3.63, 3.8) is 0 Å². The number of likely N-dealkylation sites (tertiary alicyclic amines) is 1. The van der Waals surface area contributed by atoms with E-state index >= 15 is 16.8 Å². The molecule has 7 rings (SSSR count). The van der Waals surface area contributed by atoms with E-state index in [0.29, 0.717) is 28.4 Å². The molecule has 0 spiro atoms. The summed E-state index contributed by atoms with van der Waals surface area (Å²) in [5.74, 6) is 0.708. The lowest BCUT2D eigenvalue weighted by Gasteiger charge is -2.37. The number of anilines is 2. The number of tetrazole rings is 1. The first-order valence-corrected chi connectivity index (χ1v) is 27.2. The molecule has 410 valence electrons. The molecular weight excluding hydrogens is 1030 g/mol. The van der Waals surface area contributed by atoms with Gasteiger partial charge in [-0.15, -0.1) is 10.2 Å². The minimum atomic E-state index is -5.08. The monoisotopic (exact) mass is 1100 g/mol. The van der Waals surface area contributed by atoms with Gasteiger partial charge in [0.2, 0.25) is 31.8 Å². The smallest absolute Gasteiger partial charge is 0.408 e. The number of hydrogen-bond acceptors (Lipinski definition) is 15. The third kappa shape index (κ3) is 13.8. The zero-order chi connectivity index (χ0) is 56.0. The van der Waals surface area contributed by atoms with Crippen molar-refractivity contribution in [2.45, 2.75) is 95.1 Å². The quantitative estimate of drug-likeness (QED) is 0.0512. The standard InChI is InChI=1S/C53H64N10O12S2/c1-52(2,3)48-43(26-27-62(48)51(66)67)59-76(68,69)44-25-23-40(36-16-24-42(41(54)28-36)56-45(64)29-55-50(65)75-53(4,5)6)46(49-57-60-63(58-49)32-35-14-21-39(74-9)22-15-35)47(44)77(70,71)61(30-33-10-17-37(72-7)18-11-33)31-34-12-19-38(73-8)20-13-34/h10-25,28,43,48,59H,26-27,29-32,54H2,1-9H3,(H,55,65)(H,56,64)(H,66,67). The molecule has 77 heavy (non-hydrogen) atoms. The average molecular weight is 1100 g/mol. The third-order valence-electron chi connectivity index (χ3n) is 12.5. The lowest BCUT2D eigenvalue weighted by atomic mass is 9.83. The molecule has 24 heteroatoms. The lowest BCUT2D eigenvalue weighted by Crippen LogP contribution is -2.52. The number of nitrogens with two attached hydrogens (primary N) is 1. The number of ether oxygens (including phenoxy) is 4. The molecular formula is C53H64N10O12S2. The Morgan fingerprint density at radius 1 is 0.779 bits per heavy atom. The van der Waals surface area contributed by atoms with E-state index in [1.807, 2.05) is 0 Å². The van der Waals surface area contributed by atoms with Crippen LogP contribution >= 0.6 is 0 Å². The minimum Gasteiger partial charge on any atom is -0.497 e. The molecule has 0 bridgehead atoms. The summed E-state index contributed by atoms with van der Waals surface area (Å²) in [5.41, 5.74) is 7.03. The summed E-state index contributed by atoms with van der Waals surface area (Å²) in [4.78, 5) is 38.9. The molecule has 1 aromatic heterocycles. The Morgan fingerprint density at radius 2 is 1.34 bits per heavy atom. The summed E-state index contributed by atoms with van der Waals surface area (Å²) in [7, 11) is -5.49. The van der Waals surface area contributed by atoms with E-state index < -0.39 is 77.6 Å². The molecule has 1 saturated heterocycles. The van der Waals surface area contributed by atoms with Gasteiger partial charge in [0, 0.05) is 25.7 Å². The zero-order valence-corrected chi connectivity index (χ0v) is 45.9. The summed E-state index contributed by atoms with van der Waals surface area (Å²) in [6, 6.07) is 25.7. The number of aromatic nitrogens is 4. The highest BCUT2D eigenvalue weighted by molar-refractivity contribution is 7.92. The molecule has 2 heterocycles. The fraction of sp³-hybridized carbons (Fsp3) is 0.358. The number of nitrogens with zero attached hydrogens (tertiary/aromatic N) is 6. The van der Waals surface area contributed by atoms with Crippen molar-refractivity contribution < 1.29 is 55.3 Å². The molecule has 1 aliphatic rings. The fourth-order valence-corrected chi connectivity index (χ4v) is 12.7. The van der Waals surface area contributed by atoms with E-state index in [0.717, 1.165) is 9.87 Å². The van der Waals surface area contributed by atoms with Crippen molar-refractivity contribution in [2.75, 3.05) is 45.5 Å². The molecule has 2 unspecified atom stereocenters. The van der Waals surface area contributed by atoms with Crippen LogP contribution in [-0.4, -0.2) is 122 Å². The van der Waals surface area contributed by atoms with Crippen LogP contribution in [0.15, 0.2) is 113 Å². The van der Waals surface area contributed by atoms with Crippen molar-refractivity contribution >= 4 is 49.5 Å². The van der Waals surface area contributed by atoms with Gasteiger partial charge in [-0.3, -0.25) is 4.79 Å². The molecule has 1 fully saturated rings. The van der Waals surface area contributed by atoms with Crippen LogP contribution in [0.4, 0.5) is 21.0 Å². The summed E-state index contributed by atoms with van der Waals surface area (Å²) in [6.45, 7) is 9.47. The summed E-state index contributed by atoms with van der Waals surface area (Å²) >= 11 is 0. The van der Waals surface area contributed by atoms with Gasteiger partial charge in [0.25, 0.3) is 0 Å². The molecule has 1 aliphatic heterocycles. The van der Waals surface area contributed by atoms with Crippen molar-refractivity contribution in [2.24, 2.45) is 5.41 Å². The average Bonchev–Trinajstić information content (AvgIpc) is 4.08. The topological polar surface area (TPSA) is 289 Å². The van der Waals surface area contributed by atoms with Crippen LogP contribution in [0.5, 0.6) is 17.2 Å². The molecule has 5 aromatic carbocycles. The highest BCUT2D eigenvalue weighted by Gasteiger charge is 2.47. The van der Waals surface area contributed by atoms with Gasteiger partial charge in [-0.1, -0.05) is 69.3 Å². The second-order valence-electron chi connectivity index (χ2n) is 20.3. The molecule has 0 aliphatic carbocycles. The molecule has 0 saturated carbocycles. The normalized spacial score (nSPS) is 15.0. The molecule has 0 radical (unpaired) electrons. The van der Waals surface area contributed by atoms with Crippen LogP contribution in [-0.2, 0) is 49.2 Å². The number of methoxy groups -OCH3 is 3. The number of hydrogen-bond donors (Lipinski definition) is 5. The number of rotatable bonds is 19. The molecule has 6 aromatic rings. The Kier molecular flexibility index (Phi) is 17.2. The molecule has 22 nitrogen and oxygen atoms in total. The van der Waals surface area contributed by atoms with Crippen LogP contribution < -0.4 is 35.3 Å². The van der Waals surface area contributed by atoms with Crippen molar-refractivity contribution in [3.8, 4) is 39.8 Å². The minimum absolute atomic E-state index is 0.0102. The van der Waals surface area contributed by atoms with Gasteiger partial charge < -0.3 is 45.3 Å². The van der Waals surface area contributed by atoms with E-state index in [1.54, 1.807) is 114 Å². The van der Waals surface area contributed by atoms with Gasteiger partial charge in [-0.2, -0.15) is 9.10 Å². The van der Waals surface area contributed by atoms with Gasteiger partial charge in [0.05, 0.1) is 50.9 Å². The Morgan fingerprint density at radius 3 is 1.84 bits per heavy atom. The first-order chi connectivity index (χ1) is 36.3. The molecule has 2 atom stereocenters. The fourth-order valence-electron chi connectivity index (χ4n) is 8.99. The Hall–Kier alpha value is -7.80. The van der Waals surface area contributed by atoms with E-state index in [4.69, 9.17) is 29.8 Å². The maximum absolute atomic E-state index is 16.3. The van der Waals surface area contributed by atoms with E-state index in [1.165, 1.54) is 61.4 Å². The van der Waals surface area contributed by atoms with Crippen LogP contribution in [0.3, 0.4) is 0 Å². The zero-order valence-electron chi connectivity index (χ0n) is 44.2. The third-order valence-corrected chi connectivity index (χ3v) is 16.0. The largest absolute Gasteiger partial charge is 0.497 e. The number of benzene rings is 5. The van der Waals surface area contributed by atoms with Gasteiger partial charge in [0.15, 0.2) is 0 Å². The molecule has 6 N–H and O–H groups in total. The number of alkyl carbamates (subject to hydrolysis) is 1. The first kappa shape index (κ1) is 56.9. The highest BCUT2D eigenvalue weighted by atomic mass is 32.2. The number of nitrogen functional groups attached to an aromatic ring is 1. The van der Waals surface area contributed by atoms with Crippen LogP contribution in [0, 0.1) is 5.41 Å². The Bertz CT molecular complexity index is 3270. The van der Waals surface area contributed by atoms with E-state index in [2.05, 4.69) is 25.7 Å². The Balaban J connectivity index is 1.46. The number of carbonyl (C=O) groups excluding carboxylic acids is 2. The summed E-state index contributed by atoms with van der Waals surface area (Å²) in [6.07, 6.45) is -1.96. The number of nitrogens with one attached hydrogen (secondary N) is 3. The lowest BCUT2D eigenvalue weighted by molar-refractivity contribution is -0.115. The van der Waals surface area contributed by atoms with Crippen LogP contribution in [0.25, 0.3) is 22.5 Å². The predicted octanol–water partition coefficient (Wildman–Crippen LogP) is 6.96. The Labute approximate surface area is 447 Å². The van der Waals surface area contributed by atoms with Crippen molar-refractivity contribution in [3.05, 3.63) is 120 Å². The number of carbonyl (C=O) groups is 3. The highest BCUT2D eigenvalue weighted by Crippen LogP contribution is 2.43. The van der Waals surface area contributed by atoms with Gasteiger partial charge in [-0.05, 0) is 120 Å².